The van der Waals surface area contributed by atoms with E-state index in [2.05, 4.69) is 18.2 Å². The lowest BCUT2D eigenvalue weighted by Gasteiger charge is -2.43. The van der Waals surface area contributed by atoms with Crippen LogP contribution >= 0.6 is 0 Å². The van der Waals surface area contributed by atoms with Gasteiger partial charge in [0.25, 0.3) is 0 Å². The Hall–Kier alpha value is -1.31. The molecular formula is C18H22O2. The number of ketones is 1. The second-order valence-electron chi connectivity index (χ2n) is 6.73. The summed E-state index contributed by atoms with van der Waals surface area (Å²) < 4.78 is 5.36. The summed E-state index contributed by atoms with van der Waals surface area (Å²) in [5.41, 5.74) is 3.02. The van der Waals surface area contributed by atoms with E-state index in [1.54, 1.807) is 12.7 Å². The van der Waals surface area contributed by atoms with Crippen molar-refractivity contribution in [2.24, 2.45) is 17.8 Å². The normalized spacial score (nSPS) is 35.1. The first-order valence-corrected chi connectivity index (χ1v) is 7.97. The van der Waals surface area contributed by atoms with Crippen LogP contribution in [0, 0.1) is 17.8 Å². The van der Waals surface area contributed by atoms with Crippen LogP contribution in [0.25, 0.3) is 0 Å². The number of methoxy groups -OCH3 is 1. The van der Waals surface area contributed by atoms with Crippen LogP contribution in [0.2, 0.25) is 0 Å². The smallest absolute Gasteiger partial charge is 0.136 e. The lowest BCUT2D eigenvalue weighted by molar-refractivity contribution is -0.122. The maximum absolute atomic E-state index is 12.0. The topological polar surface area (TPSA) is 26.3 Å². The lowest BCUT2D eigenvalue weighted by atomic mass is 9.61. The summed E-state index contributed by atoms with van der Waals surface area (Å²) in [7, 11) is 1.74. The van der Waals surface area contributed by atoms with Crippen LogP contribution in [-0.4, -0.2) is 12.9 Å². The molecule has 0 aliphatic heterocycles. The number of fused-ring (bicyclic) bond motifs is 5. The average Bonchev–Trinajstić information content (AvgIpc) is 2.88. The number of ether oxygens (including phenoxy) is 1. The summed E-state index contributed by atoms with van der Waals surface area (Å²) in [5, 5.41) is 0. The third kappa shape index (κ3) is 1.73. The van der Waals surface area contributed by atoms with E-state index in [0.29, 0.717) is 23.5 Å². The van der Waals surface area contributed by atoms with Gasteiger partial charge in [-0.3, -0.25) is 4.79 Å². The van der Waals surface area contributed by atoms with E-state index in [1.165, 1.54) is 18.4 Å². The molecule has 2 nitrogen and oxygen atoms in total. The molecule has 0 spiro atoms. The molecule has 0 heterocycles. The molecule has 3 aliphatic carbocycles. The Kier molecular flexibility index (Phi) is 2.87. The highest BCUT2D eigenvalue weighted by atomic mass is 16.5. The Morgan fingerprint density at radius 2 is 1.75 bits per heavy atom. The molecule has 3 aliphatic rings. The molecule has 0 amide bonds. The van der Waals surface area contributed by atoms with Crippen LogP contribution in [-0.2, 0) is 11.2 Å². The van der Waals surface area contributed by atoms with Crippen molar-refractivity contribution >= 4 is 5.78 Å². The van der Waals surface area contributed by atoms with Gasteiger partial charge in [-0.2, -0.15) is 0 Å². The minimum atomic E-state index is 0.399. The van der Waals surface area contributed by atoms with Crippen LogP contribution < -0.4 is 4.74 Å². The average molecular weight is 270 g/mol. The van der Waals surface area contributed by atoms with E-state index in [-0.39, 0.29) is 0 Å². The van der Waals surface area contributed by atoms with E-state index in [1.807, 2.05) is 0 Å². The molecular weight excluding hydrogens is 248 g/mol. The number of hydrogen-bond acceptors (Lipinski definition) is 2. The zero-order chi connectivity index (χ0) is 13.7. The molecule has 106 valence electrons. The third-order valence-corrected chi connectivity index (χ3v) is 6.01. The van der Waals surface area contributed by atoms with Gasteiger partial charge >= 0.3 is 0 Å². The summed E-state index contributed by atoms with van der Waals surface area (Å²) >= 11 is 0. The van der Waals surface area contributed by atoms with Crippen molar-refractivity contribution in [1.29, 1.82) is 0 Å². The van der Waals surface area contributed by atoms with E-state index in [0.717, 1.165) is 37.4 Å². The SMILES string of the molecule is COc1ccc2c(c1)CC[C@H]1[C@@H]3CCC(=O)[C@@H]3CC[C@H]21. The highest BCUT2D eigenvalue weighted by Crippen LogP contribution is 2.54. The Balaban J connectivity index is 1.67. The summed E-state index contributed by atoms with van der Waals surface area (Å²) in [6.45, 7) is 0. The minimum absolute atomic E-state index is 0.399. The molecule has 1 aromatic rings. The molecule has 4 rings (SSSR count). The lowest BCUT2D eigenvalue weighted by Crippen LogP contribution is -2.35. The summed E-state index contributed by atoms with van der Waals surface area (Å²) in [6, 6.07) is 6.60. The van der Waals surface area contributed by atoms with Crippen LogP contribution in [0.5, 0.6) is 5.75 Å². The number of carbonyl (C=O) groups excluding carboxylic acids is 1. The summed E-state index contributed by atoms with van der Waals surface area (Å²) in [4.78, 5) is 12.0. The maximum Gasteiger partial charge on any atom is 0.136 e. The highest BCUT2D eigenvalue weighted by molar-refractivity contribution is 5.83. The van der Waals surface area contributed by atoms with Gasteiger partial charge < -0.3 is 4.74 Å². The number of benzene rings is 1. The second-order valence-corrected chi connectivity index (χ2v) is 6.73. The molecule has 0 unspecified atom stereocenters. The first-order valence-electron chi connectivity index (χ1n) is 7.97. The van der Waals surface area contributed by atoms with Crippen LogP contribution in [0.1, 0.15) is 49.1 Å². The van der Waals surface area contributed by atoms with E-state index < -0.39 is 0 Å². The predicted molar refractivity (Wildman–Crippen MR) is 78.0 cm³/mol. The Morgan fingerprint density at radius 1 is 1.00 bits per heavy atom. The van der Waals surface area contributed by atoms with Gasteiger partial charge in [0.1, 0.15) is 11.5 Å². The number of carbonyl (C=O) groups is 1. The van der Waals surface area contributed by atoms with Crippen molar-refractivity contribution in [3.63, 3.8) is 0 Å². The molecule has 0 aromatic heterocycles. The van der Waals surface area contributed by atoms with Crippen LogP contribution in [0.4, 0.5) is 0 Å². The van der Waals surface area contributed by atoms with E-state index >= 15 is 0 Å². The van der Waals surface area contributed by atoms with Crippen LogP contribution in [0.15, 0.2) is 18.2 Å². The van der Waals surface area contributed by atoms with Crippen LogP contribution in [0.3, 0.4) is 0 Å². The summed E-state index contributed by atoms with van der Waals surface area (Å²) in [6.07, 6.45) is 6.74. The third-order valence-electron chi connectivity index (χ3n) is 6.01. The first kappa shape index (κ1) is 12.4. The number of hydrogen-bond donors (Lipinski definition) is 0. The van der Waals surface area contributed by atoms with Crippen molar-refractivity contribution in [3.05, 3.63) is 29.3 Å². The van der Waals surface area contributed by atoms with Crippen molar-refractivity contribution in [1.82, 2.24) is 0 Å². The number of aryl methyl sites for hydroxylation is 1. The van der Waals surface area contributed by atoms with Gasteiger partial charge in [-0.1, -0.05) is 6.07 Å². The number of rotatable bonds is 1. The van der Waals surface area contributed by atoms with Gasteiger partial charge in [-0.15, -0.1) is 0 Å². The highest BCUT2D eigenvalue weighted by Gasteiger charge is 2.47. The monoisotopic (exact) mass is 270 g/mol. The zero-order valence-corrected chi connectivity index (χ0v) is 12.1. The fraction of sp³-hybridized carbons (Fsp3) is 0.611. The molecule has 0 N–H and O–H groups in total. The van der Waals surface area contributed by atoms with Gasteiger partial charge in [0.15, 0.2) is 0 Å². The Bertz CT molecular complexity index is 548. The van der Waals surface area contributed by atoms with Gasteiger partial charge in [0.2, 0.25) is 0 Å². The Morgan fingerprint density at radius 3 is 2.60 bits per heavy atom. The van der Waals surface area contributed by atoms with E-state index in [4.69, 9.17) is 4.74 Å². The Labute approximate surface area is 120 Å². The largest absolute Gasteiger partial charge is 0.497 e. The predicted octanol–water partition coefficient (Wildman–Crippen LogP) is 3.73. The van der Waals surface area contributed by atoms with Gasteiger partial charge in [-0.25, -0.2) is 0 Å². The molecule has 2 saturated carbocycles. The molecule has 1 aromatic carbocycles. The molecule has 0 bridgehead atoms. The van der Waals surface area contributed by atoms with Crippen molar-refractivity contribution in [3.8, 4) is 5.75 Å². The molecule has 0 radical (unpaired) electrons. The van der Waals surface area contributed by atoms with Gasteiger partial charge in [0, 0.05) is 12.3 Å². The molecule has 20 heavy (non-hydrogen) atoms. The van der Waals surface area contributed by atoms with E-state index in [9.17, 15) is 4.79 Å². The first-order chi connectivity index (χ1) is 9.78. The van der Waals surface area contributed by atoms with Crippen molar-refractivity contribution in [2.75, 3.05) is 7.11 Å². The molecule has 4 atom stereocenters. The standard InChI is InChI=1S/C18H22O2/c1-20-12-3-5-13-11(10-12)2-4-15-14(13)6-7-17-16(15)8-9-18(17)19/h3,5,10,14-17H,2,4,6-9H2,1H3/t14-,15-,16+,17-/m1/s1. The number of Topliss-reactive ketones (excluding diaryl/α,β-unsaturated/α-hetero) is 1. The second kappa shape index (κ2) is 4.61. The molecule has 2 fully saturated rings. The zero-order valence-electron chi connectivity index (χ0n) is 12.1. The van der Waals surface area contributed by atoms with Gasteiger partial charge in [-0.05, 0) is 73.1 Å². The molecule has 2 heteroatoms. The fourth-order valence-corrected chi connectivity index (χ4v) is 5.10. The maximum atomic E-state index is 12.0. The van der Waals surface area contributed by atoms with Crippen molar-refractivity contribution < 1.29 is 9.53 Å². The molecule has 0 saturated heterocycles. The summed E-state index contributed by atoms with van der Waals surface area (Å²) in [5.74, 6) is 4.05. The van der Waals surface area contributed by atoms with Crippen molar-refractivity contribution in [2.45, 2.75) is 44.4 Å². The quantitative estimate of drug-likeness (QED) is 0.777. The fourth-order valence-electron chi connectivity index (χ4n) is 5.10. The minimum Gasteiger partial charge on any atom is -0.497 e. The van der Waals surface area contributed by atoms with Gasteiger partial charge in [0.05, 0.1) is 7.11 Å².